The van der Waals surface area contributed by atoms with Crippen LogP contribution >= 0.6 is 0 Å². The van der Waals surface area contributed by atoms with Gasteiger partial charge < -0.3 is 0 Å². The Morgan fingerprint density at radius 3 is 1.91 bits per heavy atom. The van der Waals surface area contributed by atoms with Gasteiger partial charge in [0, 0.05) is 0 Å². The summed E-state index contributed by atoms with van der Waals surface area (Å²) in [6, 6.07) is 9.01. The summed E-state index contributed by atoms with van der Waals surface area (Å²) < 4.78 is 39.5. The molecular formula is C19H15F3. The molecule has 0 saturated heterocycles. The van der Waals surface area contributed by atoms with Gasteiger partial charge in [0.1, 0.15) is 0 Å². The number of rotatable bonds is 1. The molecule has 0 spiro atoms. The molecule has 112 valence electrons. The molecule has 3 heteroatoms. The van der Waals surface area contributed by atoms with Crippen molar-refractivity contribution < 1.29 is 13.2 Å². The minimum Gasteiger partial charge on any atom is -0.166 e. The fraction of sp³-hybridized carbons (Fsp3) is 0.0526. The molecule has 0 N–H and O–H groups in total. The summed E-state index contributed by atoms with van der Waals surface area (Å²) in [4.78, 5) is 0. The second-order valence-corrected chi connectivity index (χ2v) is 4.60. The molecule has 0 fully saturated rings. The molecule has 0 saturated carbocycles. The van der Waals surface area contributed by atoms with Crippen LogP contribution in [0.5, 0.6) is 0 Å². The van der Waals surface area contributed by atoms with Crippen LogP contribution in [0.2, 0.25) is 0 Å². The highest BCUT2D eigenvalue weighted by molar-refractivity contribution is 5.76. The maximum atomic E-state index is 13.2. The normalized spacial score (nSPS) is 26.3. The molecular weight excluding hydrogens is 285 g/mol. The quantitative estimate of drug-likeness (QED) is 0.615. The predicted molar refractivity (Wildman–Crippen MR) is 85.1 cm³/mol. The third-order valence-corrected chi connectivity index (χ3v) is 2.96. The SMILES string of the molecule is FC(F)(F)C1=C/C(c2ccccc2)=C\C=C/C=C\C=C\C=C\1. The molecule has 1 aliphatic rings. The molecule has 1 aromatic rings. The van der Waals surface area contributed by atoms with Crippen LogP contribution in [0.25, 0.3) is 5.57 Å². The first-order chi connectivity index (χ1) is 10.6. The Labute approximate surface area is 128 Å². The molecule has 0 aliphatic heterocycles. The van der Waals surface area contributed by atoms with E-state index in [1.54, 1.807) is 60.7 Å². The topological polar surface area (TPSA) is 0 Å². The summed E-state index contributed by atoms with van der Waals surface area (Å²) in [5.74, 6) is 0. The Hall–Kier alpha value is -2.55. The average Bonchev–Trinajstić information content (AvgIpc) is 2.47. The second-order valence-electron chi connectivity index (χ2n) is 4.60. The monoisotopic (exact) mass is 300 g/mol. The van der Waals surface area contributed by atoms with E-state index in [1.807, 2.05) is 12.1 Å². The average molecular weight is 300 g/mol. The van der Waals surface area contributed by atoms with Gasteiger partial charge in [0.25, 0.3) is 0 Å². The molecule has 1 aromatic carbocycles. The number of halogens is 3. The van der Waals surface area contributed by atoms with Crippen LogP contribution in [-0.2, 0) is 0 Å². The summed E-state index contributed by atoms with van der Waals surface area (Å²) in [5, 5.41) is 0. The summed E-state index contributed by atoms with van der Waals surface area (Å²) in [7, 11) is 0. The van der Waals surface area contributed by atoms with E-state index in [1.165, 1.54) is 6.08 Å². The highest BCUT2D eigenvalue weighted by Crippen LogP contribution is 2.30. The fourth-order valence-corrected chi connectivity index (χ4v) is 1.89. The van der Waals surface area contributed by atoms with Crippen LogP contribution in [0.1, 0.15) is 5.56 Å². The largest absolute Gasteiger partial charge is 0.416 e. The van der Waals surface area contributed by atoms with Gasteiger partial charge in [-0.15, -0.1) is 0 Å². The molecule has 0 nitrogen and oxygen atoms in total. The van der Waals surface area contributed by atoms with Crippen molar-refractivity contribution in [3.05, 3.63) is 102 Å². The van der Waals surface area contributed by atoms with Crippen molar-refractivity contribution in [3.8, 4) is 0 Å². The Kier molecular flexibility index (Phi) is 5.37. The minimum absolute atomic E-state index is 0.506. The smallest absolute Gasteiger partial charge is 0.166 e. The van der Waals surface area contributed by atoms with Crippen molar-refractivity contribution in [2.24, 2.45) is 0 Å². The van der Waals surface area contributed by atoms with Gasteiger partial charge in [-0.25, -0.2) is 0 Å². The van der Waals surface area contributed by atoms with Crippen molar-refractivity contribution in [1.82, 2.24) is 0 Å². The zero-order valence-corrected chi connectivity index (χ0v) is 11.8. The molecule has 0 atom stereocenters. The van der Waals surface area contributed by atoms with Gasteiger partial charge in [0.2, 0.25) is 0 Å². The van der Waals surface area contributed by atoms with Crippen molar-refractivity contribution in [3.63, 3.8) is 0 Å². The molecule has 0 heterocycles. The molecule has 0 radical (unpaired) electrons. The first-order valence-corrected chi connectivity index (χ1v) is 6.80. The third kappa shape index (κ3) is 4.77. The number of hydrogen-bond acceptors (Lipinski definition) is 0. The highest BCUT2D eigenvalue weighted by atomic mass is 19.4. The molecule has 0 unspecified atom stereocenters. The number of allylic oxidation sites excluding steroid dienone is 12. The van der Waals surface area contributed by atoms with Gasteiger partial charge in [-0.05, 0) is 23.3 Å². The molecule has 2 rings (SSSR count). The van der Waals surface area contributed by atoms with Gasteiger partial charge in [-0.1, -0.05) is 78.9 Å². The van der Waals surface area contributed by atoms with E-state index in [0.717, 1.165) is 17.7 Å². The lowest BCUT2D eigenvalue weighted by molar-refractivity contribution is -0.0881. The second kappa shape index (κ2) is 7.46. The molecule has 0 amide bonds. The van der Waals surface area contributed by atoms with E-state index in [9.17, 15) is 13.2 Å². The van der Waals surface area contributed by atoms with E-state index in [4.69, 9.17) is 0 Å². The fourth-order valence-electron chi connectivity index (χ4n) is 1.89. The van der Waals surface area contributed by atoms with E-state index < -0.39 is 11.7 Å². The minimum atomic E-state index is -4.40. The Morgan fingerprint density at radius 2 is 1.27 bits per heavy atom. The predicted octanol–water partition coefficient (Wildman–Crippen LogP) is 5.80. The van der Waals surface area contributed by atoms with Crippen LogP contribution in [0.3, 0.4) is 0 Å². The molecule has 1 aliphatic carbocycles. The van der Waals surface area contributed by atoms with Gasteiger partial charge in [0.15, 0.2) is 0 Å². The first kappa shape index (κ1) is 15.8. The maximum absolute atomic E-state index is 13.2. The molecule has 0 aromatic heterocycles. The lowest BCUT2D eigenvalue weighted by Gasteiger charge is -2.10. The molecule has 0 bridgehead atoms. The summed E-state index contributed by atoms with van der Waals surface area (Å²) in [5.41, 5.74) is 0.552. The van der Waals surface area contributed by atoms with Crippen LogP contribution in [0, 0.1) is 0 Å². The van der Waals surface area contributed by atoms with Crippen molar-refractivity contribution in [1.29, 1.82) is 0 Å². The van der Waals surface area contributed by atoms with Gasteiger partial charge in [0.05, 0.1) is 5.57 Å². The third-order valence-electron chi connectivity index (χ3n) is 2.96. The van der Waals surface area contributed by atoms with Crippen molar-refractivity contribution in [2.75, 3.05) is 0 Å². The summed E-state index contributed by atoms with van der Waals surface area (Å²) >= 11 is 0. The zero-order chi connectivity index (χ0) is 15.8. The van der Waals surface area contributed by atoms with E-state index >= 15 is 0 Å². The van der Waals surface area contributed by atoms with Gasteiger partial charge >= 0.3 is 6.18 Å². The van der Waals surface area contributed by atoms with Gasteiger partial charge in [-0.2, -0.15) is 13.2 Å². The summed E-state index contributed by atoms with van der Waals surface area (Å²) in [6.45, 7) is 0. The highest BCUT2D eigenvalue weighted by Gasteiger charge is 2.31. The van der Waals surface area contributed by atoms with Crippen LogP contribution in [0.4, 0.5) is 13.2 Å². The summed E-state index contributed by atoms with van der Waals surface area (Å²) in [6.07, 6.45) is 11.2. The van der Waals surface area contributed by atoms with Crippen molar-refractivity contribution >= 4 is 5.57 Å². The Morgan fingerprint density at radius 1 is 0.682 bits per heavy atom. The van der Waals surface area contributed by atoms with Gasteiger partial charge in [-0.3, -0.25) is 0 Å². The standard InChI is InChI=1S/C19H15F3/c20-19(21,22)18-14-10-5-3-1-2-4-7-13-17(15-18)16-11-8-6-9-12-16/h1-15H/b2-1-,3-1?,4-2?,5-3+,7-4-,10-5?,13-7?,14-10+,17-13+,17-15?,18-14?,18-15+. The van der Waals surface area contributed by atoms with E-state index in [0.29, 0.717) is 5.57 Å². The van der Waals surface area contributed by atoms with E-state index in [2.05, 4.69) is 0 Å². The van der Waals surface area contributed by atoms with Crippen molar-refractivity contribution in [2.45, 2.75) is 6.18 Å². The lowest BCUT2D eigenvalue weighted by Crippen LogP contribution is -2.10. The zero-order valence-electron chi connectivity index (χ0n) is 11.8. The number of alkyl halides is 3. The number of hydrogen-bond donors (Lipinski definition) is 0. The lowest BCUT2D eigenvalue weighted by atomic mass is 10.0. The maximum Gasteiger partial charge on any atom is 0.416 e. The van der Waals surface area contributed by atoms with Crippen LogP contribution < -0.4 is 0 Å². The van der Waals surface area contributed by atoms with Crippen LogP contribution in [0.15, 0.2) is 96.7 Å². The Bertz CT molecular complexity index is 666. The van der Waals surface area contributed by atoms with Crippen LogP contribution in [-0.4, -0.2) is 6.18 Å². The first-order valence-electron chi connectivity index (χ1n) is 6.80. The van der Waals surface area contributed by atoms with E-state index in [-0.39, 0.29) is 0 Å². The Balaban J connectivity index is 2.53. The molecule has 22 heavy (non-hydrogen) atoms. The number of benzene rings is 1.